The van der Waals surface area contributed by atoms with E-state index in [2.05, 4.69) is 17.6 Å². The molecule has 116 valence electrons. The fraction of sp³-hybridized carbons (Fsp3) is 0.562. The Morgan fingerprint density at radius 3 is 2.81 bits per heavy atom. The summed E-state index contributed by atoms with van der Waals surface area (Å²) in [5.41, 5.74) is -0.137. The lowest BCUT2D eigenvalue weighted by Crippen LogP contribution is -2.45. The number of hydrogen-bond acceptors (Lipinski definition) is 3. The Balaban J connectivity index is 1.72. The molecule has 1 amide bonds. The van der Waals surface area contributed by atoms with Crippen molar-refractivity contribution in [3.8, 4) is 0 Å². The summed E-state index contributed by atoms with van der Waals surface area (Å²) >= 11 is 0. The van der Waals surface area contributed by atoms with Crippen molar-refractivity contribution in [3.05, 3.63) is 30.1 Å². The Morgan fingerprint density at radius 2 is 2.14 bits per heavy atom. The molecule has 21 heavy (non-hydrogen) atoms. The maximum Gasteiger partial charge on any atom is 0.238 e. The van der Waals surface area contributed by atoms with Crippen molar-refractivity contribution in [2.24, 2.45) is 5.92 Å². The van der Waals surface area contributed by atoms with Crippen molar-refractivity contribution in [2.45, 2.75) is 38.2 Å². The van der Waals surface area contributed by atoms with Gasteiger partial charge >= 0.3 is 0 Å². The van der Waals surface area contributed by atoms with Crippen LogP contribution in [-0.2, 0) is 4.79 Å². The molecule has 1 aliphatic rings. The zero-order chi connectivity index (χ0) is 15.3. The van der Waals surface area contributed by atoms with Gasteiger partial charge in [-0.25, -0.2) is 4.39 Å². The van der Waals surface area contributed by atoms with Gasteiger partial charge in [0.05, 0.1) is 12.1 Å². The molecule has 1 saturated carbocycles. The number of benzene rings is 1. The average molecular weight is 294 g/mol. The van der Waals surface area contributed by atoms with Crippen LogP contribution >= 0.6 is 0 Å². The van der Waals surface area contributed by atoms with E-state index < -0.39 is 5.60 Å². The van der Waals surface area contributed by atoms with E-state index in [1.807, 2.05) is 0 Å². The lowest BCUT2D eigenvalue weighted by atomic mass is 9.79. The van der Waals surface area contributed by atoms with Gasteiger partial charge in [-0.15, -0.1) is 0 Å². The number of halogens is 1. The van der Waals surface area contributed by atoms with Crippen LogP contribution in [0.4, 0.5) is 10.1 Å². The number of hydrogen-bond donors (Lipinski definition) is 3. The molecule has 0 bridgehead atoms. The molecular weight excluding hydrogens is 271 g/mol. The highest BCUT2D eigenvalue weighted by Gasteiger charge is 2.32. The standard InChI is InChI=1S/C16H23FN2O2/c1-12-3-2-8-16(21,9-12)11-18-10-15(20)19-14-6-4-13(17)5-7-14/h4-7,12,18,21H,2-3,8-11H2,1H3,(H,19,20). The topological polar surface area (TPSA) is 61.4 Å². The zero-order valence-corrected chi connectivity index (χ0v) is 12.4. The second-order valence-electron chi connectivity index (χ2n) is 6.08. The fourth-order valence-electron chi connectivity index (χ4n) is 2.94. The van der Waals surface area contributed by atoms with Crippen LogP contribution in [0.1, 0.15) is 32.6 Å². The van der Waals surface area contributed by atoms with Gasteiger partial charge in [0.1, 0.15) is 5.82 Å². The summed E-state index contributed by atoms with van der Waals surface area (Å²) in [6.45, 7) is 2.70. The molecule has 0 radical (unpaired) electrons. The Labute approximate surface area is 124 Å². The van der Waals surface area contributed by atoms with E-state index in [4.69, 9.17) is 0 Å². The predicted octanol–water partition coefficient (Wildman–Crippen LogP) is 2.29. The van der Waals surface area contributed by atoms with Crippen LogP contribution in [0.3, 0.4) is 0 Å². The molecule has 1 aromatic rings. The third-order valence-electron chi connectivity index (χ3n) is 3.94. The van der Waals surface area contributed by atoms with Crippen molar-refractivity contribution in [2.75, 3.05) is 18.4 Å². The van der Waals surface area contributed by atoms with Crippen LogP contribution < -0.4 is 10.6 Å². The van der Waals surface area contributed by atoms with Crippen LogP contribution in [0.2, 0.25) is 0 Å². The molecule has 2 rings (SSSR count). The second kappa shape index (κ2) is 7.00. The smallest absolute Gasteiger partial charge is 0.238 e. The average Bonchev–Trinajstić information content (AvgIpc) is 2.41. The highest BCUT2D eigenvalue weighted by molar-refractivity contribution is 5.92. The number of aliphatic hydroxyl groups is 1. The number of anilines is 1. The SMILES string of the molecule is CC1CCCC(O)(CNCC(=O)Nc2ccc(F)cc2)C1. The van der Waals surface area contributed by atoms with Crippen LogP contribution in [-0.4, -0.2) is 29.7 Å². The van der Waals surface area contributed by atoms with E-state index in [9.17, 15) is 14.3 Å². The molecular formula is C16H23FN2O2. The molecule has 1 aliphatic carbocycles. The number of carbonyl (C=O) groups is 1. The lowest BCUT2D eigenvalue weighted by molar-refractivity contribution is -0.115. The van der Waals surface area contributed by atoms with Crippen LogP contribution in [0.15, 0.2) is 24.3 Å². The van der Waals surface area contributed by atoms with Crippen molar-refractivity contribution >= 4 is 11.6 Å². The molecule has 2 unspecified atom stereocenters. The summed E-state index contributed by atoms with van der Waals surface area (Å²) < 4.78 is 12.8. The van der Waals surface area contributed by atoms with E-state index in [1.165, 1.54) is 24.3 Å². The molecule has 2 atom stereocenters. The van der Waals surface area contributed by atoms with Crippen LogP contribution in [0.25, 0.3) is 0 Å². The summed E-state index contributed by atoms with van der Waals surface area (Å²) in [6.07, 6.45) is 3.75. The molecule has 0 heterocycles. The predicted molar refractivity (Wildman–Crippen MR) is 80.5 cm³/mol. The van der Waals surface area contributed by atoms with E-state index in [0.29, 0.717) is 18.2 Å². The van der Waals surface area contributed by atoms with Crippen LogP contribution in [0.5, 0.6) is 0 Å². The summed E-state index contributed by atoms with van der Waals surface area (Å²) in [7, 11) is 0. The van der Waals surface area contributed by atoms with E-state index >= 15 is 0 Å². The normalized spacial score (nSPS) is 25.6. The first-order valence-electron chi connectivity index (χ1n) is 7.45. The monoisotopic (exact) mass is 294 g/mol. The molecule has 1 aromatic carbocycles. The van der Waals surface area contributed by atoms with Crippen molar-refractivity contribution in [3.63, 3.8) is 0 Å². The summed E-state index contributed by atoms with van der Waals surface area (Å²) in [5, 5.41) is 16.1. The lowest BCUT2D eigenvalue weighted by Gasteiger charge is -2.35. The Morgan fingerprint density at radius 1 is 1.43 bits per heavy atom. The molecule has 3 N–H and O–H groups in total. The highest BCUT2D eigenvalue weighted by atomic mass is 19.1. The summed E-state index contributed by atoms with van der Waals surface area (Å²) in [6, 6.07) is 5.64. The molecule has 1 fully saturated rings. The number of amides is 1. The Bertz CT molecular complexity index is 478. The van der Waals surface area contributed by atoms with E-state index in [1.54, 1.807) is 0 Å². The largest absolute Gasteiger partial charge is 0.389 e. The van der Waals surface area contributed by atoms with E-state index in [0.717, 1.165) is 25.7 Å². The fourth-order valence-corrected chi connectivity index (χ4v) is 2.94. The minimum Gasteiger partial charge on any atom is -0.389 e. The van der Waals surface area contributed by atoms with Gasteiger partial charge in [-0.05, 0) is 43.0 Å². The first-order valence-corrected chi connectivity index (χ1v) is 7.45. The second-order valence-corrected chi connectivity index (χ2v) is 6.08. The summed E-state index contributed by atoms with van der Waals surface area (Å²) in [5.74, 6) is -0.00702. The van der Waals surface area contributed by atoms with Crippen LogP contribution in [0, 0.1) is 11.7 Å². The quantitative estimate of drug-likeness (QED) is 0.781. The van der Waals surface area contributed by atoms with Gasteiger partial charge < -0.3 is 15.7 Å². The van der Waals surface area contributed by atoms with Crippen molar-refractivity contribution in [1.82, 2.24) is 5.32 Å². The molecule has 0 saturated heterocycles. The van der Waals surface area contributed by atoms with Crippen molar-refractivity contribution in [1.29, 1.82) is 0 Å². The minimum atomic E-state index is -0.701. The zero-order valence-electron chi connectivity index (χ0n) is 12.4. The minimum absolute atomic E-state index is 0.133. The first kappa shape index (κ1) is 15.9. The Kier molecular flexibility index (Phi) is 5.31. The van der Waals surface area contributed by atoms with Gasteiger partial charge in [-0.3, -0.25) is 4.79 Å². The van der Waals surface area contributed by atoms with Gasteiger partial charge in [-0.2, -0.15) is 0 Å². The number of carbonyl (C=O) groups excluding carboxylic acids is 1. The van der Waals surface area contributed by atoms with Gasteiger partial charge in [0.2, 0.25) is 5.91 Å². The molecule has 0 aliphatic heterocycles. The first-order chi connectivity index (χ1) is 9.97. The van der Waals surface area contributed by atoms with Gasteiger partial charge in [0.15, 0.2) is 0 Å². The van der Waals surface area contributed by atoms with Crippen molar-refractivity contribution < 1.29 is 14.3 Å². The number of nitrogens with one attached hydrogen (secondary N) is 2. The highest BCUT2D eigenvalue weighted by Crippen LogP contribution is 2.31. The maximum atomic E-state index is 12.8. The third-order valence-corrected chi connectivity index (χ3v) is 3.94. The third kappa shape index (κ3) is 5.10. The maximum absolute atomic E-state index is 12.8. The molecule has 0 aromatic heterocycles. The van der Waals surface area contributed by atoms with E-state index in [-0.39, 0.29) is 18.3 Å². The number of rotatable bonds is 5. The molecule has 0 spiro atoms. The van der Waals surface area contributed by atoms with Gasteiger partial charge in [-0.1, -0.05) is 19.8 Å². The molecule has 5 heteroatoms. The molecule has 4 nitrogen and oxygen atoms in total. The van der Waals surface area contributed by atoms with Gasteiger partial charge in [0.25, 0.3) is 0 Å². The van der Waals surface area contributed by atoms with Gasteiger partial charge in [0, 0.05) is 12.2 Å². The summed E-state index contributed by atoms with van der Waals surface area (Å²) in [4.78, 5) is 11.8. The Hall–Kier alpha value is -1.46.